The van der Waals surface area contributed by atoms with Gasteiger partial charge < -0.3 is 13.6 Å². The summed E-state index contributed by atoms with van der Waals surface area (Å²) >= 11 is 0. The molecule has 0 aliphatic heterocycles. The molecule has 0 atom stereocenters. The van der Waals surface area contributed by atoms with Crippen LogP contribution in [0, 0.1) is 0 Å². The lowest BCUT2D eigenvalue weighted by Crippen LogP contribution is -1.94. The molecule has 3 aromatic heterocycles. The Hall–Kier alpha value is -5.80. The van der Waals surface area contributed by atoms with Crippen LogP contribution in [-0.4, -0.2) is 9.13 Å². The molecule has 0 aliphatic rings. The number of benzene rings is 7. The topological polar surface area (TPSA) is 23.0 Å². The van der Waals surface area contributed by atoms with Crippen LogP contribution in [0.15, 0.2) is 150 Å². The highest BCUT2D eigenvalue weighted by molar-refractivity contribution is 6.21. The Morgan fingerprint density at radius 1 is 0.349 bits per heavy atom. The van der Waals surface area contributed by atoms with E-state index in [1.807, 2.05) is 0 Å². The van der Waals surface area contributed by atoms with Crippen molar-refractivity contribution < 1.29 is 4.42 Å². The number of hydrogen-bond donors (Lipinski definition) is 0. The van der Waals surface area contributed by atoms with Crippen LogP contribution in [0.1, 0.15) is 0 Å². The van der Waals surface area contributed by atoms with Gasteiger partial charge in [0.05, 0.1) is 22.1 Å². The van der Waals surface area contributed by atoms with E-state index in [4.69, 9.17) is 4.42 Å². The Kier molecular flexibility index (Phi) is 4.45. The molecular formula is C40H24N2O. The van der Waals surface area contributed by atoms with Gasteiger partial charge in [0.25, 0.3) is 0 Å². The summed E-state index contributed by atoms with van der Waals surface area (Å²) in [6.45, 7) is 0. The largest absolute Gasteiger partial charge is 0.456 e. The molecule has 0 aliphatic carbocycles. The first-order valence-electron chi connectivity index (χ1n) is 14.7. The molecule has 0 fully saturated rings. The third-order valence-corrected chi connectivity index (χ3v) is 9.08. The maximum absolute atomic E-state index is 6.35. The predicted molar refractivity (Wildman–Crippen MR) is 180 cm³/mol. The second-order valence-corrected chi connectivity index (χ2v) is 11.4. The minimum absolute atomic E-state index is 0.907. The molecule has 3 heterocycles. The van der Waals surface area contributed by atoms with Crippen LogP contribution in [0.5, 0.6) is 0 Å². The van der Waals surface area contributed by atoms with Crippen molar-refractivity contribution in [2.75, 3.05) is 0 Å². The van der Waals surface area contributed by atoms with Crippen molar-refractivity contribution in [3.63, 3.8) is 0 Å². The highest BCUT2D eigenvalue weighted by atomic mass is 16.3. The van der Waals surface area contributed by atoms with E-state index < -0.39 is 0 Å². The quantitative estimate of drug-likeness (QED) is 0.211. The molecular weight excluding hydrogens is 524 g/mol. The fraction of sp³-hybridized carbons (Fsp3) is 0. The Morgan fingerprint density at radius 3 is 1.65 bits per heavy atom. The van der Waals surface area contributed by atoms with Crippen molar-refractivity contribution in [2.45, 2.75) is 0 Å². The molecule has 200 valence electrons. The van der Waals surface area contributed by atoms with E-state index in [1.54, 1.807) is 0 Å². The van der Waals surface area contributed by atoms with Gasteiger partial charge in [0.2, 0.25) is 0 Å². The second-order valence-electron chi connectivity index (χ2n) is 11.4. The third-order valence-electron chi connectivity index (χ3n) is 9.08. The lowest BCUT2D eigenvalue weighted by atomic mass is 10.0. The fourth-order valence-corrected chi connectivity index (χ4v) is 7.24. The van der Waals surface area contributed by atoms with Crippen LogP contribution in [-0.2, 0) is 0 Å². The highest BCUT2D eigenvalue weighted by Gasteiger charge is 2.19. The normalized spacial score (nSPS) is 12.2. The van der Waals surface area contributed by atoms with Crippen molar-refractivity contribution in [1.82, 2.24) is 9.13 Å². The molecule has 43 heavy (non-hydrogen) atoms. The lowest BCUT2D eigenvalue weighted by molar-refractivity contribution is 0.669. The fourth-order valence-electron chi connectivity index (χ4n) is 7.24. The first kappa shape index (κ1) is 22.8. The summed E-state index contributed by atoms with van der Waals surface area (Å²) in [7, 11) is 0. The van der Waals surface area contributed by atoms with Gasteiger partial charge in [-0.15, -0.1) is 0 Å². The van der Waals surface area contributed by atoms with Gasteiger partial charge in [-0.2, -0.15) is 0 Å². The summed E-state index contributed by atoms with van der Waals surface area (Å²) in [6, 6.07) is 52.3. The maximum Gasteiger partial charge on any atom is 0.136 e. The monoisotopic (exact) mass is 548 g/mol. The van der Waals surface area contributed by atoms with Gasteiger partial charge in [0, 0.05) is 43.7 Å². The lowest BCUT2D eigenvalue weighted by Gasteiger charge is -2.09. The minimum atomic E-state index is 0.907. The van der Waals surface area contributed by atoms with Gasteiger partial charge >= 0.3 is 0 Å². The molecule has 0 radical (unpaired) electrons. The third kappa shape index (κ3) is 3.08. The standard InChI is InChI=1S/C40H24N2O/c1-2-11-26(12-3-1)41-34-16-8-6-14-29(34)31-24-37-32(23-36(31)41)30-15-7-9-17-35(30)42(37)27-19-21-38-33(22-27)40-28-13-5-4-10-25(28)18-20-39(40)43-38/h1-24H. The molecule has 0 unspecified atom stereocenters. The minimum Gasteiger partial charge on any atom is -0.456 e. The number of rotatable bonds is 2. The van der Waals surface area contributed by atoms with Crippen LogP contribution < -0.4 is 0 Å². The average Bonchev–Trinajstić information content (AvgIpc) is 3.71. The molecule has 3 nitrogen and oxygen atoms in total. The molecule has 0 spiro atoms. The van der Waals surface area contributed by atoms with E-state index in [0.29, 0.717) is 0 Å². The smallest absolute Gasteiger partial charge is 0.136 e. The van der Waals surface area contributed by atoms with Crippen LogP contribution in [0.25, 0.3) is 87.7 Å². The second kappa shape index (κ2) is 8.37. The van der Waals surface area contributed by atoms with Gasteiger partial charge in [-0.3, -0.25) is 0 Å². The van der Waals surface area contributed by atoms with Crippen LogP contribution in [0.4, 0.5) is 0 Å². The molecule has 0 bridgehead atoms. The molecule has 3 heteroatoms. The summed E-state index contributed by atoms with van der Waals surface area (Å²) in [5.41, 5.74) is 8.94. The van der Waals surface area contributed by atoms with E-state index in [0.717, 1.165) is 22.2 Å². The van der Waals surface area contributed by atoms with E-state index in [1.165, 1.54) is 65.5 Å². The predicted octanol–water partition coefficient (Wildman–Crippen LogP) is 10.9. The SMILES string of the molecule is c1ccc(-n2c3ccccc3c3cc4c(cc32)c2ccccc2n4-c2ccc3oc4ccc5ccccc5c4c3c2)cc1. The molecule has 7 aromatic carbocycles. The summed E-state index contributed by atoms with van der Waals surface area (Å²) in [4.78, 5) is 0. The van der Waals surface area contributed by atoms with Crippen molar-refractivity contribution >= 4 is 76.3 Å². The van der Waals surface area contributed by atoms with Crippen LogP contribution in [0.2, 0.25) is 0 Å². The van der Waals surface area contributed by atoms with Gasteiger partial charge in [0.15, 0.2) is 0 Å². The summed E-state index contributed by atoms with van der Waals surface area (Å²) in [5, 5.41) is 9.73. The number of para-hydroxylation sites is 3. The summed E-state index contributed by atoms with van der Waals surface area (Å²) in [5.74, 6) is 0. The van der Waals surface area contributed by atoms with Crippen LogP contribution >= 0.6 is 0 Å². The zero-order valence-corrected chi connectivity index (χ0v) is 23.2. The van der Waals surface area contributed by atoms with Gasteiger partial charge in [0.1, 0.15) is 11.2 Å². The highest BCUT2D eigenvalue weighted by Crippen LogP contribution is 2.41. The number of aromatic nitrogens is 2. The van der Waals surface area contributed by atoms with Crippen molar-refractivity contribution in [3.05, 3.63) is 146 Å². The summed E-state index contributed by atoms with van der Waals surface area (Å²) < 4.78 is 11.2. The van der Waals surface area contributed by atoms with Gasteiger partial charge in [-0.25, -0.2) is 0 Å². The number of fused-ring (bicyclic) bond motifs is 11. The average molecular weight is 549 g/mol. The Bertz CT molecular complexity index is 2720. The Balaban J connectivity index is 1.34. The number of furan rings is 1. The molecule has 10 rings (SSSR count). The Labute approximate surface area is 246 Å². The maximum atomic E-state index is 6.35. The zero-order valence-electron chi connectivity index (χ0n) is 23.2. The van der Waals surface area contributed by atoms with E-state index in [-0.39, 0.29) is 0 Å². The van der Waals surface area contributed by atoms with E-state index in [2.05, 4.69) is 155 Å². The first-order valence-corrected chi connectivity index (χ1v) is 14.7. The zero-order chi connectivity index (χ0) is 28.1. The van der Waals surface area contributed by atoms with Crippen molar-refractivity contribution in [1.29, 1.82) is 0 Å². The van der Waals surface area contributed by atoms with Crippen molar-refractivity contribution in [2.24, 2.45) is 0 Å². The van der Waals surface area contributed by atoms with Crippen LogP contribution in [0.3, 0.4) is 0 Å². The first-order chi connectivity index (χ1) is 21.3. The molecule has 0 amide bonds. The molecule has 0 N–H and O–H groups in total. The molecule has 0 saturated carbocycles. The van der Waals surface area contributed by atoms with E-state index >= 15 is 0 Å². The Morgan fingerprint density at radius 2 is 0.930 bits per heavy atom. The van der Waals surface area contributed by atoms with Crippen molar-refractivity contribution in [3.8, 4) is 11.4 Å². The number of nitrogens with zero attached hydrogens (tertiary/aromatic N) is 2. The van der Waals surface area contributed by atoms with E-state index in [9.17, 15) is 0 Å². The van der Waals surface area contributed by atoms with Gasteiger partial charge in [-0.05, 0) is 71.4 Å². The molecule has 10 aromatic rings. The van der Waals surface area contributed by atoms with Gasteiger partial charge in [-0.1, -0.05) is 84.9 Å². The number of hydrogen-bond acceptors (Lipinski definition) is 1. The molecule has 0 saturated heterocycles. The summed E-state index contributed by atoms with van der Waals surface area (Å²) in [6.07, 6.45) is 0.